The smallest absolute Gasteiger partial charge is 0.237 e. The maximum atomic E-state index is 12.2. The predicted octanol–water partition coefficient (Wildman–Crippen LogP) is 2.70. The summed E-state index contributed by atoms with van der Waals surface area (Å²) in [6.45, 7) is 3.04. The molecule has 0 aliphatic carbocycles. The van der Waals surface area contributed by atoms with Crippen molar-refractivity contribution in [3.05, 3.63) is 35.6 Å². The molecule has 0 spiro atoms. The van der Waals surface area contributed by atoms with Crippen LogP contribution in [-0.4, -0.2) is 39.6 Å². The molecular weight excluding hydrogens is 324 g/mol. The van der Waals surface area contributed by atoms with E-state index < -0.39 is 0 Å². The Hall–Kier alpha value is -1.57. The fourth-order valence-electron chi connectivity index (χ4n) is 1.67. The van der Waals surface area contributed by atoms with Gasteiger partial charge in [-0.2, -0.15) is 0 Å². The average molecular weight is 341 g/mol. The fourth-order valence-corrected chi connectivity index (χ4v) is 2.64. The van der Waals surface area contributed by atoms with Crippen molar-refractivity contribution in [1.82, 2.24) is 14.8 Å². The molecule has 0 fully saturated rings. The highest BCUT2D eigenvalue weighted by molar-refractivity contribution is 8.00. The second kappa shape index (κ2) is 8.17. The van der Waals surface area contributed by atoms with Gasteiger partial charge < -0.3 is 14.6 Å². The Labute approximate surface area is 138 Å². The zero-order chi connectivity index (χ0) is 15.9. The van der Waals surface area contributed by atoms with Gasteiger partial charge in [-0.1, -0.05) is 23.4 Å². The fraction of sp³-hybridized carbons (Fsp3) is 0.357. The number of benzene rings is 1. The summed E-state index contributed by atoms with van der Waals surface area (Å²) in [7, 11) is 1.64. The van der Waals surface area contributed by atoms with E-state index >= 15 is 0 Å². The molecule has 2 rings (SSSR count). The maximum Gasteiger partial charge on any atom is 0.237 e. The highest BCUT2D eigenvalue weighted by atomic mass is 35.5. The molecule has 8 heteroatoms. The van der Waals surface area contributed by atoms with Crippen molar-refractivity contribution < 1.29 is 9.53 Å². The van der Waals surface area contributed by atoms with Crippen LogP contribution in [0.25, 0.3) is 0 Å². The molecule has 6 nitrogen and oxygen atoms in total. The lowest BCUT2D eigenvalue weighted by molar-refractivity contribution is -0.115. The first-order valence-electron chi connectivity index (χ1n) is 6.70. The van der Waals surface area contributed by atoms with E-state index in [4.69, 9.17) is 16.3 Å². The van der Waals surface area contributed by atoms with E-state index in [1.807, 2.05) is 11.5 Å². The summed E-state index contributed by atoms with van der Waals surface area (Å²) >= 11 is 7.17. The van der Waals surface area contributed by atoms with Crippen LogP contribution in [0.15, 0.2) is 35.7 Å². The molecule has 0 aliphatic rings. The number of ether oxygens (including phenoxy) is 1. The van der Waals surface area contributed by atoms with E-state index in [-0.39, 0.29) is 11.2 Å². The van der Waals surface area contributed by atoms with Crippen LogP contribution < -0.4 is 5.32 Å². The molecule has 0 radical (unpaired) electrons. The minimum Gasteiger partial charge on any atom is -0.383 e. The van der Waals surface area contributed by atoms with Gasteiger partial charge in [-0.15, -0.1) is 10.2 Å². The Morgan fingerprint density at radius 2 is 2.18 bits per heavy atom. The summed E-state index contributed by atoms with van der Waals surface area (Å²) < 4.78 is 6.90. The van der Waals surface area contributed by atoms with Gasteiger partial charge in [-0.25, -0.2) is 0 Å². The second-order valence-electron chi connectivity index (χ2n) is 4.56. The number of thioether (sulfide) groups is 1. The van der Waals surface area contributed by atoms with E-state index in [9.17, 15) is 4.79 Å². The summed E-state index contributed by atoms with van der Waals surface area (Å²) in [6.07, 6.45) is 1.63. The minimum absolute atomic E-state index is 0.103. The van der Waals surface area contributed by atoms with Gasteiger partial charge in [0.2, 0.25) is 5.91 Å². The highest BCUT2D eigenvalue weighted by Crippen LogP contribution is 2.22. The second-order valence-corrected chi connectivity index (χ2v) is 6.30. The van der Waals surface area contributed by atoms with Gasteiger partial charge in [-0.05, 0) is 31.2 Å². The molecule has 1 amide bonds. The SMILES string of the molecule is COCCn1cnnc1SC(C)C(=O)Nc1ccc(Cl)cc1. The molecule has 1 unspecified atom stereocenters. The summed E-state index contributed by atoms with van der Waals surface area (Å²) in [5, 5.41) is 11.8. The molecule has 2 aromatic rings. The quantitative estimate of drug-likeness (QED) is 0.785. The zero-order valence-electron chi connectivity index (χ0n) is 12.3. The van der Waals surface area contributed by atoms with Crippen LogP contribution in [0.4, 0.5) is 5.69 Å². The molecule has 1 N–H and O–H groups in total. The maximum absolute atomic E-state index is 12.2. The van der Waals surface area contributed by atoms with Crippen LogP contribution in [0, 0.1) is 0 Å². The number of carbonyl (C=O) groups excluding carboxylic acids is 1. The summed E-state index contributed by atoms with van der Waals surface area (Å²) in [4.78, 5) is 12.2. The standard InChI is InChI=1S/C14H17ClN4O2S/c1-10(13(20)17-12-5-3-11(15)4-6-12)22-14-18-16-9-19(14)7-8-21-2/h3-6,9-10H,7-8H2,1-2H3,(H,17,20). The summed E-state index contributed by atoms with van der Waals surface area (Å²) in [6, 6.07) is 6.99. The third-order valence-electron chi connectivity index (χ3n) is 2.88. The predicted molar refractivity (Wildman–Crippen MR) is 87.3 cm³/mol. The van der Waals surface area contributed by atoms with E-state index in [0.717, 1.165) is 0 Å². The Morgan fingerprint density at radius 1 is 1.45 bits per heavy atom. The number of nitrogens with zero attached hydrogens (tertiary/aromatic N) is 3. The number of hydrogen-bond acceptors (Lipinski definition) is 5. The van der Waals surface area contributed by atoms with Crippen LogP contribution in [0.2, 0.25) is 5.02 Å². The molecule has 0 aliphatic heterocycles. The van der Waals surface area contributed by atoms with Crippen molar-refractivity contribution in [2.24, 2.45) is 0 Å². The lowest BCUT2D eigenvalue weighted by Crippen LogP contribution is -2.23. The van der Waals surface area contributed by atoms with Crippen molar-refractivity contribution in [1.29, 1.82) is 0 Å². The number of anilines is 1. The molecule has 22 heavy (non-hydrogen) atoms. The van der Waals surface area contributed by atoms with Gasteiger partial charge in [0.05, 0.1) is 11.9 Å². The molecule has 0 saturated carbocycles. The molecular formula is C14H17ClN4O2S. The molecule has 118 valence electrons. The number of rotatable bonds is 7. The number of carbonyl (C=O) groups is 1. The highest BCUT2D eigenvalue weighted by Gasteiger charge is 2.18. The molecule has 0 bridgehead atoms. The van der Waals surface area contributed by atoms with Gasteiger partial charge in [0.1, 0.15) is 6.33 Å². The van der Waals surface area contributed by atoms with E-state index in [0.29, 0.717) is 29.0 Å². The first-order valence-corrected chi connectivity index (χ1v) is 7.95. The normalized spacial score (nSPS) is 12.1. The van der Waals surface area contributed by atoms with Gasteiger partial charge in [0, 0.05) is 24.4 Å². The molecule has 1 heterocycles. The largest absolute Gasteiger partial charge is 0.383 e. The lowest BCUT2D eigenvalue weighted by Gasteiger charge is -2.12. The lowest BCUT2D eigenvalue weighted by atomic mass is 10.3. The number of aromatic nitrogens is 3. The average Bonchev–Trinajstić information content (AvgIpc) is 2.94. The van der Waals surface area contributed by atoms with Gasteiger partial charge in [0.15, 0.2) is 5.16 Å². The zero-order valence-corrected chi connectivity index (χ0v) is 13.9. The molecule has 1 aromatic heterocycles. The number of halogens is 1. The minimum atomic E-state index is -0.304. The van der Waals surface area contributed by atoms with E-state index in [2.05, 4.69) is 15.5 Å². The number of nitrogens with one attached hydrogen (secondary N) is 1. The Bertz CT molecular complexity index is 618. The third kappa shape index (κ3) is 4.72. The molecule has 1 aromatic carbocycles. The first-order chi connectivity index (χ1) is 10.6. The van der Waals surface area contributed by atoms with Crippen LogP contribution in [0.3, 0.4) is 0 Å². The van der Waals surface area contributed by atoms with Gasteiger partial charge in [-0.3, -0.25) is 4.79 Å². The van der Waals surface area contributed by atoms with E-state index in [1.165, 1.54) is 11.8 Å². The van der Waals surface area contributed by atoms with Gasteiger partial charge >= 0.3 is 0 Å². The van der Waals surface area contributed by atoms with E-state index in [1.54, 1.807) is 37.7 Å². The number of amides is 1. The number of hydrogen-bond donors (Lipinski definition) is 1. The number of methoxy groups -OCH3 is 1. The topological polar surface area (TPSA) is 69.0 Å². The Morgan fingerprint density at radius 3 is 2.86 bits per heavy atom. The van der Waals surface area contributed by atoms with Crippen molar-refractivity contribution in [3.63, 3.8) is 0 Å². The van der Waals surface area contributed by atoms with Crippen molar-refractivity contribution in [2.75, 3.05) is 19.0 Å². The Balaban J connectivity index is 1.93. The summed E-state index contributed by atoms with van der Waals surface area (Å²) in [5.74, 6) is -0.103. The third-order valence-corrected chi connectivity index (χ3v) is 4.23. The molecule has 0 saturated heterocycles. The summed E-state index contributed by atoms with van der Waals surface area (Å²) in [5.41, 5.74) is 0.711. The van der Waals surface area contributed by atoms with Crippen LogP contribution >= 0.6 is 23.4 Å². The van der Waals surface area contributed by atoms with Crippen LogP contribution in [-0.2, 0) is 16.1 Å². The molecule has 1 atom stereocenters. The first kappa shape index (κ1) is 16.8. The van der Waals surface area contributed by atoms with Crippen molar-refractivity contribution in [3.8, 4) is 0 Å². The van der Waals surface area contributed by atoms with Gasteiger partial charge in [0.25, 0.3) is 0 Å². The van der Waals surface area contributed by atoms with Crippen LogP contribution in [0.5, 0.6) is 0 Å². The van der Waals surface area contributed by atoms with Crippen molar-refractivity contribution >= 4 is 35.0 Å². The monoisotopic (exact) mass is 340 g/mol. The van der Waals surface area contributed by atoms with Crippen molar-refractivity contribution in [2.45, 2.75) is 23.9 Å². The van der Waals surface area contributed by atoms with Crippen LogP contribution in [0.1, 0.15) is 6.92 Å². The Kier molecular flexibility index (Phi) is 6.23.